The minimum Gasteiger partial charge on any atom is -0.380 e. The van der Waals surface area contributed by atoms with Gasteiger partial charge in [-0.1, -0.05) is 0 Å². The van der Waals surface area contributed by atoms with Crippen LogP contribution in [0.2, 0.25) is 0 Å². The second kappa shape index (κ2) is 6.54. The van der Waals surface area contributed by atoms with E-state index in [1.54, 1.807) is 12.0 Å². The lowest BCUT2D eigenvalue weighted by atomic mass is 10.1. The molecule has 0 aromatic heterocycles. The van der Waals surface area contributed by atoms with Crippen LogP contribution in [0.4, 0.5) is 0 Å². The minimum absolute atomic E-state index is 0.0577. The Morgan fingerprint density at radius 3 is 2.75 bits per heavy atom. The number of hydrogen-bond donors (Lipinski definition) is 0. The van der Waals surface area contributed by atoms with E-state index in [2.05, 4.69) is 0 Å². The summed E-state index contributed by atoms with van der Waals surface area (Å²) in [7, 11) is 3.62. The highest BCUT2D eigenvalue weighted by atomic mass is 16.5. The fraction of sp³-hybridized carbons (Fsp3) is 0.857. The topological polar surface area (TPSA) is 53.1 Å². The van der Waals surface area contributed by atoms with Crippen molar-refractivity contribution >= 4 is 11.8 Å². The molecule has 0 saturated carbocycles. The Balaban J connectivity index is 2.00. The normalized spacial score (nSPS) is 28.9. The molecular weight excluding hydrogens is 258 g/mol. The molecule has 0 radical (unpaired) electrons. The molecular formula is C14H25N3O3. The molecule has 2 aliphatic rings. The molecule has 0 spiro atoms. The Labute approximate surface area is 120 Å². The predicted molar refractivity (Wildman–Crippen MR) is 75.3 cm³/mol. The first-order chi connectivity index (χ1) is 9.56. The number of methoxy groups -OCH3 is 1. The molecule has 2 fully saturated rings. The quantitative estimate of drug-likeness (QED) is 0.719. The van der Waals surface area contributed by atoms with Crippen LogP contribution in [-0.2, 0) is 14.3 Å². The first-order valence-electron chi connectivity index (χ1n) is 7.36. The Hall–Kier alpha value is -1.14. The Bertz CT molecular complexity index is 375. The van der Waals surface area contributed by atoms with E-state index in [0.717, 1.165) is 26.1 Å². The highest BCUT2D eigenvalue weighted by Gasteiger charge is 2.38. The molecule has 2 rings (SSSR count). The molecule has 114 valence electrons. The van der Waals surface area contributed by atoms with Crippen LogP contribution in [0.1, 0.15) is 19.8 Å². The van der Waals surface area contributed by atoms with Crippen molar-refractivity contribution < 1.29 is 14.3 Å². The van der Waals surface area contributed by atoms with E-state index >= 15 is 0 Å². The number of rotatable bonds is 3. The van der Waals surface area contributed by atoms with Crippen LogP contribution in [0.3, 0.4) is 0 Å². The molecule has 0 unspecified atom stereocenters. The van der Waals surface area contributed by atoms with Crippen LogP contribution in [-0.4, -0.2) is 85.5 Å². The van der Waals surface area contributed by atoms with Crippen LogP contribution in [0, 0.1) is 0 Å². The third-order valence-corrected chi connectivity index (χ3v) is 4.36. The van der Waals surface area contributed by atoms with Crippen molar-refractivity contribution in [2.45, 2.75) is 31.9 Å². The SMILES string of the molecule is CCN1CCCN(C(=O)[C@@H]2C[C@H](OC)CN2C)CC1=O. The summed E-state index contributed by atoms with van der Waals surface area (Å²) in [5.41, 5.74) is 0. The maximum atomic E-state index is 12.6. The summed E-state index contributed by atoms with van der Waals surface area (Å²) in [6, 6.07) is -0.152. The number of nitrogens with zero attached hydrogens (tertiary/aromatic N) is 3. The van der Waals surface area contributed by atoms with Crippen molar-refractivity contribution in [1.82, 2.24) is 14.7 Å². The molecule has 0 aliphatic carbocycles. The molecule has 2 amide bonds. The van der Waals surface area contributed by atoms with Crippen molar-refractivity contribution in [3.05, 3.63) is 0 Å². The van der Waals surface area contributed by atoms with Gasteiger partial charge in [-0.05, 0) is 26.8 Å². The predicted octanol–water partition coefficient (Wildman–Crippen LogP) is -0.214. The van der Waals surface area contributed by atoms with Crippen LogP contribution in [0.15, 0.2) is 0 Å². The lowest BCUT2D eigenvalue weighted by molar-refractivity contribution is -0.141. The van der Waals surface area contributed by atoms with Gasteiger partial charge in [0.15, 0.2) is 0 Å². The van der Waals surface area contributed by atoms with Crippen LogP contribution in [0.25, 0.3) is 0 Å². The Morgan fingerprint density at radius 2 is 2.15 bits per heavy atom. The number of likely N-dealkylation sites (tertiary alicyclic amines) is 1. The van der Waals surface area contributed by atoms with Gasteiger partial charge in [-0.15, -0.1) is 0 Å². The minimum atomic E-state index is -0.152. The number of carbonyl (C=O) groups excluding carboxylic acids is 2. The lowest BCUT2D eigenvalue weighted by Crippen LogP contribution is -2.47. The molecule has 2 heterocycles. The number of likely N-dealkylation sites (N-methyl/N-ethyl adjacent to an activating group) is 2. The van der Waals surface area contributed by atoms with E-state index in [1.165, 1.54) is 0 Å². The van der Waals surface area contributed by atoms with E-state index in [4.69, 9.17) is 4.74 Å². The van der Waals surface area contributed by atoms with Gasteiger partial charge in [-0.2, -0.15) is 0 Å². The van der Waals surface area contributed by atoms with Gasteiger partial charge >= 0.3 is 0 Å². The largest absolute Gasteiger partial charge is 0.380 e. The van der Waals surface area contributed by atoms with E-state index in [1.807, 2.05) is 23.8 Å². The molecule has 0 bridgehead atoms. The second-order valence-electron chi connectivity index (χ2n) is 5.64. The first kappa shape index (κ1) is 15.3. The summed E-state index contributed by atoms with van der Waals surface area (Å²) in [4.78, 5) is 30.3. The molecule has 0 aromatic carbocycles. The third-order valence-electron chi connectivity index (χ3n) is 4.36. The fourth-order valence-corrected chi connectivity index (χ4v) is 3.06. The van der Waals surface area contributed by atoms with Crippen LogP contribution >= 0.6 is 0 Å². The van der Waals surface area contributed by atoms with Crippen molar-refractivity contribution in [1.29, 1.82) is 0 Å². The molecule has 2 aliphatic heterocycles. The van der Waals surface area contributed by atoms with Crippen molar-refractivity contribution in [3.63, 3.8) is 0 Å². The van der Waals surface area contributed by atoms with Crippen molar-refractivity contribution in [3.8, 4) is 0 Å². The van der Waals surface area contributed by atoms with Gasteiger partial charge in [0.25, 0.3) is 0 Å². The molecule has 6 heteroatoms. The van der Waals surface area contributed by atoms with Gasteiger partial charge in [0, 0.05) is 33.3 Å². The van der Waals surface area contributed by atoms with Gasteiger partial charge < -0.3 is 14.5 Å². The van der Waals surface area contributed by atoms with Gasteiger partial charge in [0.2, 0.25) is 11.8 Å². The summed E-state index contributed by atoms with van der Waals surface area (Å²) in [5.74, 6) is 0.126. The molecule has 0 aromatic rings. The maximum absolute atomic E-state index is 12.6. The summed E-state index contributed by atoms with van der Waals surface area (Å²) in [6.45, 7) is 5.10. The zero-order valence-electron chi connectivity index (χ0n) is 12.7. The van der Waals surface area contributed by atoms with Gasteiger partial charge in [0.1, 0.15) is 0 Å². The first-order valence-corrected chi connectivity index (χ1v) is 7.36. The molecule has 2 saturated heterocycles. The highest BCUT2D eigenvalue weighted by molar-refractivity contribution is 5.88. The fourth-order valence-electron chi connectivity index (χ4n) is 3.06. The van der Waals surface area contributed by atoms with Crippen LogP contribution in [0.5, 0.6) is 0 Å². The average molecular weight is 283 g/mol. The maximum Gasteiger partial charge on any atom is 0.242 e. The smallest absolute Gasteiger partial charge is 0.242 e. The second-order valence-corrected chi connectivity index (χ2v) is 5.64. The highest BCUT2D eigenvalue weighted by Crippen LogP contribution is 2.20. The summed E-state index contributed by atoms with van der Waals surface area (Å²) in [5, 5.41) is 0. The molecule has 0 N–H and O–H groups in total. The summed E-state index contributed by atoms with van der Waals surface area (Å²) < 4.78 is 5.34. The van der Waals surface area contributed by atoms with Crippen LogP contribution < -0.4 is 0 Å². The molecule has 2 atom stereocenters. The lowest BCUT2D eigenvalue weighted by Gasteiger charge is -2.26. The zero-order valence-corrected chi connectivity index (χ0v) is 12.7. The number of amides is 2. The molecule has 20 heavy (non-hydrogen) atoms. The van der Waals surface area contributed by atoms with E-state index in [-0.39, 0.29) is 30.5 Å². The van der Waals surface area contributed by atoms with E-state index < -0.39 is 0 Å². The van der Waals surface area contributed by atoms with Crippen molar-refractivity contribution in [2.75, 3.05) is 46.9 Å². The van der Waals surface area contributed by atoms with Gasteiger partial charge in [0.05, 0.1) is 18.7 Å². The Morgan fingerprint density at radius 1 is 1.40 bits per heavy atom. The summed E-state index contributed by atoms with van der Waals surface area (Å²) in [6.07, 6.45) is 1.69. The zero-order chi connectivity index (χ0) is 14.7. The van der Waals surface area contributed by atoms with Crippen molar-refractivity contribution in [2.24, 2.45) is 0 Å². The van der Waals surface area contributed by atoms with Gasteiger partial charge in [-0.25, -0.2) is 0 Å². The molecule has 6 nitrogen and oxygen atoms in total. The van der Waals surface area contributed by atoms with E-state index in [9.17, 15) is 9.59 Å². The number of carbonyl (C=O) groups is 2. The average Bonchev–Trinajstić information content (AvgIpc) is 2.71. The summed E-state index contributed by atoms with van der Waals surface area (Å²) >= 11 is 0. The monoisotopic (exact) mass is 283 g/mol. The standard InChI is InChI=1S/C14H25N3O3/c1-4-16-6-5-7-17(10-13(16)18)14(19)12-8-11(20-3)9-15(12)2/h11-12H,4-10H2,1-3H3/t11-,12-/m0/s1. The van der Waals surface area contributed by atoms with E-state index in [0.29, 0.717) is 13.0 Å². The van der Waals surface area contributed by atoms with Gasteiger partial charge in [-0.3, -0.25) is 14.5 Å². The number of ether oxygens (including phenoxy) is 1. The Kier molecular flexibility index (Phi) is 4.99. The number of hydrogen-bond acceptors (Lipinski definition) is 4. The third kappa shape index (κ3) is 3.12.